The molecule has 31 heavy (non-hydrogen) atoms. The lowest BCUT2D eigenvalue weighted by Crippen LogP contribution is -2.19. The van der Waals surface area contributed by atoms with E-state index in [1.54, 1.807) is 0 Å². The van der Waals surface area contributed by atoms with Gasteiger partial charge in [-0.05, 0) is 105 Å². The summed E-state index contributed by atoms with van der Waals surface area (Å²) in [6.45, 7) is 10.4. The van der Waals surface area contributed by atoms with Gasteiger partial charge in [0.05, 0.1) is 10.6 Å². The van der Waals surface area contributed by atoms with Crippen LogP contribution in [0.25, 0.3) is 11.8 Å². The number of amides is 1. The van der Waals surface area contributed by atoms with E-state index in [4.69, 9.17) is 0 Å². The second-order valence-electron chi connectivity index (χ2n) is 8.01. The van der Waals surface area contributed by atoms with Crippen molar-refractivity contribution in [3.05, 3.63) is 87.1 Å². The molecule has 4 nitrogen and oxygen atoms in total. The molecule has 1 N–H and O–H groups in total. The molecule has 1 saturated heterocycles. The molecule has 2 aromatic carbocycles. The molecule has 1 amide bonds. The monoisotopic (exact) mass is 429 g/mol. The van der Waals surface area contributed by atoms with Gasteiger partial charge in [0.1, 0.15) is 0 Å². The smallest absolute Gasteiger partial charge is 0.264 e. The topological polar surface area (TPSA) is 46.4 Å². The van der Waals surface area contributed by atoms with Crippen LogP contribution in [0, 0.1) is 27.7 Å². The fourth-order valence-electron chi connectivity index (χ4n) is 3.97. The van der Waals surface area contributed by atoms with Crippen LogP contribution in [-0.2, 0) is 11.2 Å². The average molecular weight is 430 g/mol. The van der Waals surface area contributed by atoms with E-state index in [0.717, 1.165) is 45.9 Å². The molecule has 5 heteroatoms. The van der Waals surface area contributed by atoms with Gasteiger partial charge in [-0.15, -0.1) is 0 Å². The molecule has 0 radical (unpaired) electrons. The van der Waals surface area contributed by atoms with Crippen molar-refractivity contribution in [1.29, 1.82) is 0 Å². The first-order valence-corrected chi connectivity index (χ1v) is 11.3. The maximum Gasteiger partial charge on any atom is 0.264 e. The summed E-state index contributed by atoms with van der Waals surface area (Å²) >= 11 is 1.39. The number of benzene rings is 2. The largest absolute Gasteiger partial charge is 0.318 e. The molecule has 0 unspecified atom stereocenters. The summed E-state index contributed by atoms with van der Waals surface area (Å²) in [5, 5.41) is 3.51. The van der Waals surface area contributed by atoms with E-state index < -0.39 is 0 Å². The van der Waals surface area contributed by atoms with Gasteiger partial charge >= 0.3 is 0 Å². The number of rotatable bonds is 4. The Morgan fingerprint density at radius 3 is 2.32 bits per heavy atom. The number of hydrogen-bond donors (Lipinski definition) is 1. The molecular weight excluding hydrogens is 402 g/mol. The fourth-order valence-corrected chi connectivity index (χ4v) is 4.80. The number of aliphatic imine (C=N–C) groups is 1. The third kappa shape index (κ3) is 4.52. The van der Waals surface area contributed by atoms with Crippen molar-refractivity contribution in [2.75, 3.05) is 0 Å². The van der Waals surface area contributed by atoms with Crippen molar-refractivity contribution in [3.8, 4) is 5.69 Å². The molecule has 1 fully saturated rings. The summed E-state index contributed by atoms with van der Waals surface area (Å²) in [6, 6.07) is 16.9. The Bertz CT molecular complexity index is 1200. The van der Waals surface area contributed by atoms with Crippen molar-refractivity contribution in [3.63, 3.8) is 0 Å². The van der Waals surface area contributed by atoms with Crippen LogP contribution in [0.3, 0.4) is 0 Å². The zero-order chi connectivity index (χ0) is 22.1. The van der Waals surface area contributed by atoms with Gasteiger partial charge in [0, 0.05) is 17.1 Å². The van der Waals surface area contributed by atoms with Crippen LogP contribution < -0.4 is 5.32 Å². The molecule has 0 saturated carbocycles. The molecule has 2 heterocycles. The van der Waals surface area contributed by atoms with Crippen LogP contribution in [0.1, 0.15) is 40.6 Å². The Hall–Kier alpha value is -3.05. The van der Waals surface area contributed by atoms with E-state index in [-0.39, 0.29) is 5.91 Å². The number of carbonyl (C=O) groups is 1. The third-order valence-corrected chi connectivity index (χ3v) is 6.36. The number of thioether (sulfide) groups is 1. The average Bonchev–Trinajstić information content (AvgIpc) is 3.19. The van der Waals surface area contributed by atoms with Crippen molar-refractivity contribution in [2.45, 2.75) is 41.0 Å². The Labute approximate surface area is 188 Å². The Morgan fingerprint density at radius 1 is 1.00 bits per heavy atom. The summed E-state index contributed by atoms with van der Waals surface area (Å²) in [7, 11) is 0. The maximum atomic E-state index is 12.6. The molecule has 1 aliphatic heterocycles. The van der Waals surface area contributed by atoms with E-state index in [1.165, 1.54) is 17.3 Å². The number of aryl methyl sites for hydroxylation is 4. The minimum atomic E-state index is -0.106. The molecule has 1 aromatic heterocycles. The SMILES string of the molecule is CCc1ccc(-n2c(C)cc(/C=C3\SC(=Nc4cc(C)cc(C)c4)NC3=O)c2C)cc1. The summed E-state index contributed by atoms with van der Waals surface area (Å²) in [5.74, 6) is -0.106. The van der Waals surface area contributed by atoms with Gasteiger partial charge in [0.25, 0.3) is 5.91 Å². The van der Waals surface area contributed by atoms with Crippen LogP contribution >= 0.6 is 11.8 Å². The van der Waals surface area contributed by atoms with Gasteiger partial charge < -0.3 is 9.88 Å². The van der Waals surface area contributed by atoms with E-state index in [9.17, 15) is 4.79 Å². The van der Waals surface area contributed by atoms with Crippen molar-refractivity contribution < 1.29 is 4.79 Å². The summed E-state index contributed by atoms with van der Waals surface area (Å²) in [4.78, 5) is 17.9. The van der Waals surface area contributed by atoms with E-state index in [2.05, 4.69) is 72.0 Å². The zero-order valence-electron chi connectivity index (χ0n) is 18.6. The number of carbonyl (C=O) groups excluding carboxylic acids is 1. The zero-order valence-corrected chi connectivity index (χ0v) is 19.4. The minimum absolute atomic E-state index is 0.106. The predicted octanol–water partition coefficient (Wildman–Crippen LogP) is 6.16. The second-order valence-corrected chi connectivity index (χ2v) is 9.04. The molecule has 0 atom stereocenters. The van der Waals surface area contributed by atoms with Gasteiger partial charge in [-0.2, -0.15) is 0 Å². The van der Waals surface area contributed by atoms with Gasteiger partial charge in [0.2, 0.25) is 0 Å². The van der Waals surface area contributed by atoms with Gasteiger partial charge in [-0.3, -0.25) is 4.79 Å². The van der Waals surface area contributed by atoms with Gasteiger partial charge in [-0.25, -0.2) is 4.99 Å². The lowest BCUT2D eigenvalue weighted by Gasteiger charge is -2.10. The third-order valence-electron chi connectivity index (χ3n) is 5.45. The second kappa shape index (κ2) is 8.60. The van der Waals surface area contributed by atoms with Gasteiger partial charge in [-0.1, -0.05) is 25.1 Å². The van der Waals surface area contributed by atoms with Crippen LogP contribution in [0.2, 0.25) is 0 Å². The van der Waals surface area contributed by atoms with Crippen molar-refractivity contribution in [2.24, 2.45) is 4.99 Å². The molecule has 158 valence electrons. The van der Waals surface area contributed by atoms with Gasteiger partial charge in [0.15, 0.2) is 5.17 Å². The van der Waals surface area contributed by atoms with E-state index in [0.29, 0.717) is 10.1 Å². The maximum absolute atomic E-state index is 12.6. The van der Waals surface area contributed by atoms with Crippen molar-refractivity contribution >= 4 is 34.6 Å². The number of nitrogens with zero attached hydrogens (tertiary/aromatic N) is 2. The van der Waals surface area contributed by atoms with Crippen molar-refractivity contribution in [1.82, 2.24) is 9.88 Å². The highest BCUT2D eigenvalue weighted by atomic mass is 32.2. The molecule has 4 rings (SSSR count). The van der Waals surface area contributed by atoms with Crippen LogP contribution in [0.15, 0.2) is 58.4 Å². The van der Waals surface area contributed by atoms with Crippen LogP contribution in [-0.4, -0.2) is 15.6 Å². The summed E-state index contributed by atoms with van der Waals surface area (Å²) in [6.07, 6.45) is 2.99. The lowest BCUT2D eigenvalue weighted by atomic mass is 10.1. The Morgan fingerprint density at radius 2 is 1.68 bits per heavy atom. The first-order valence-electron chi connectivity index (χ1n) is 10.5. The molecule has 0 aliphatic carbocycles. The Balaban J connectivity index is 1.63. The standard InChI is InChI=1S/C26H27N3OS/c1-6-20-7-9-23(10-8-20)29-18(4)14-21(19(29)5)15-24-25(30)28-26(31-24)27-22-12-16(2)11-17(3)13-22/h7-15H,6H2,1-5H3,(H,27,28,30)/b24-15-. The molecule has 0 spiro atoms. The predicted molar refractivity (Wildman–Crippen MR) is 131 cm³/mol. The normalized spacial score (nSPS) is 16.4. The van der Waals surface area contributed by atoms with Crippen LogP contribution in [0.4, 0.5) is 5.69 Å². The highest BCUT2D eigenvalue weighted by Gasteiger charge is 2.24. The first kappa shape index (κ1) is 21.2. The fraction of sp³-hybridized carbons (Fsp3) is 0.231. The summed E-state index contributed by atoms with van der Waals surface area (Å²) < 4.78 is 2.23. The summed E-state index contributed by atoms with van der Waals surface area (Å²) in [5.41, 5.74) is 8.93. The Kier molecular flexibility index (Phi) is 5.88. The number of aromatic nitrogens is 1. The molecule has 3 aromatic rings. The lowest BCUT2D eigenvalue weighted by molar-refractivity contribution is -0.115. The molecule has 0 bridgehead atoms. The van der Waals surface area contributed by atoms with E-state index >= 15 is 0 Å². The molecule has 1 aliphatic rings. The van der Waals surface area contributed by atoms with Crippen LogP contribution in [0.5, 0.6) is 0 Å². The highest BCUT2D eigenvalue weighted by Crippen LogP contribution is 2.31. The first-order chi connectivity index (χ1) is 14.8. The number of amidine groups is 1. The van der Waals surface area contributed by atoms with E-state index in [1.807, 2.05) is 32.1 Å². The number of hydrogen-bond acceptors (Lipinski definition) is 3. The minimum Gasteiger partial charge on any atom is -0.318 e. The quantitative estimate of drug-likeness (QED) is 0.505. The number of nitrogens with one attached hydrogen (secondary N) is 1. The molecular formula is C26H27N3OS. The highest BCUT2D eigenvalue weighted by molar-refractivity contribution is 8.18.